The van der Waals surface area contributed by atoms with Gasteiger partial charge in [-0.3, -0.25) is 9.59 Å². The summed E-state index contributed by atoms with van der Waals surface area (Å²) in [5.74, 6) is -1.64. The highest BCUT2D eigenvalue weighted by Crippen LogP contribution is 2.29. The van der Waals surface area contributed by atoms with Gasteiger partial charge in [-0.2, -0.15) is 0 Å². The molecule has 0 aliphatic heterocycles. The minimum absolute atomic E-state index is 0.212. The predicted molar refractivity (Wildman–Crippen MR) is 92.9 cm³/mol. The second-order valence-corrected chi connectivity index (χ2v) is 6.07. The van der Waals surface area contributed by atoms with E-state index in [0.29, 0.717) is 5.69 Å². The maximum Gasteiger partial charge on any atom is 0.314 e. The monoisotopic (exact) mass is 434 g/mol. The Hall–Kier alpha value is -1.31. The molecule has 2 amide bonds. The minimum Gasteiger partial charge on any atom is -0.318 e. The number of anilines is 2. The summed E-state index contributed by atoms with van der Waals surface area (Å²) in [4.78, 5) is 23.7. The van der Waals surface area contributed by atoms with Crippen LogP contribution in [-0.4, -0.2) is 11.8 Å². The van der Waals surface area contributed by atoms with Gasteiger partial charge < -0.3 is 10.6 Å². The lowest BCUT2D eigenvalue weighted by Gasteiger charge is -2.09. The first-order chi connectivity index (χ1) is 9.97. The lowest BCUT2D eigenvalue weighted by molar-refractivity contribution is -0.132. The molecule has 0 aliphatic rings. The second kappa shape index (κ2) is 7.11. The van der Waals surface area contributed by atoms with Gasteiger partial charge in [-0.25, -0.2) is 0 Å². The molecule has 2 aromatic rings. The predicted octanol–water partition coefficient (Wildman–Crippen LogP) is 4.18. The first kappa shape index (κ1) is 16.1. The Morgan fingerprint density at radius 3 is 1.95 bits per heavy atom. The smallest absolute Gasteiger partial charge is 0.314 e. The molecule has 0 heterocycles. The molecular formula is C14H9Cl2IN2O2. The first-order valence-electron chi connectivity index (χ1n) is 5.79. The first-order valence-corrected chi connectivity index (χ1v) is 7.63. The fourth-order valence-corrected chi connectivity index (χ4v) is 2.36. The average Bonchev–Trinajstić information content (AvgIpc) is 2.45. The van der Waals surface area contributed by atoms with Gasteiger partial charge in [0.15, 0.2) is 0 Å². The quantitative estimate of drug-likeness (QED) is 0.550. The third-order valence-corrected chi connectivity index (χ3v) is 3.86. The molecular weight excluding hydrogens is 426 g/mol. The number of benzene rings is 2. The molecule has 4 nitrogen and oxygen atoms in total. The van der Waals surface area contributed by atoms with Crippen molar-refractivity contribution in [3.63, 3.8) is 0 Å². The van der Waals surface area contributed by atoms with Crippen molar-refractivity contribution < 1.29 is 9.59 Å². The van der Waals surface area contributed by atoms with Crippen molar-refractivity contribution in [2.75, 3.05) is 10.6 Å². The Morgan fingerprint density at radius 1 is 0.857 bits per heavy atom. The summed E-state index contributed by atoms with van der Waals surface area (Å²) < 4.78 is 1.03. The molecule has 0 aliphatic carbocycles. The van der Waals surface area contributed by atoms with Gasteiger partial charge in [0.05, 0.1) is 15.7 Å². The second-order valence-electron chi connectivity index (χ2n) is 4.01. The number of hydrogen-bond acceptors (Lipinski definition) is 2. The number of rotatable bonds is 2. The number of amides is 2. The van der Waals surface area contributed by atoms with E-state index in [1.807, 2.05) is 12.1 Å². The van der Waals surface area contributed by atoms with Crippen LogP contribution in [0.5, 0.6) is 0 Å². The summed E-state index contributed by atoms with van der Waals surface area (Å²) in [7, 11) is 0. The molecule has 0 radical (unpaired) electrons. The fraction of sp³-hybridized carbons (Fsp3) is 0. The van der Waals surface area contributed by atoms with Gasteiger partial charge in [0.25, 0.3) is 0 Å². The van der Waals surface area contributed by atoms with Crippen LogP contribution >= 0.6 is 45.8 Å². The van der Waals surface area contributed by atoms with Crippen molar-refractivity contribution in [1.29, 1.82) is 0 Å². The third-order valence-electron chi connectivity index (χ3n) is 2.51. The summed E-state index contributed by atoms with van der Waals surface area (Å²) in [5, 5.41) is 5.41. The Kier molecular flexibility index (Phi) is 5.44. The van der Waals surface area contributed by atoms with E-state index >= 15 is 0 Å². The van der Waals surface area contributed by atoms with E-state index < -0.39 is 11.8 Å². The van der Waals surface area contributed by atoms with Gasteiger partial charge >= 0.3 is 11.8 Å². The van der Waals surface area contributed by atoms with E-state index in [4.69, 9.17) is 23.2 Å². The maximum atomic E-state index is 11.8. The van der Waals surface area contributed by atoms with Crippen LogP contribution in [0.25, 0.3) is 0 Å². The molecule has 0 atom stereocenters. The van der Waals surface area contributed by atoms with Crippen molar-refractivity contribution in [2.45, 2.75) is 0 Å². The lowest BCUT2D eigenvalue weighted by atomic mass is 10.3. The van der Waals surface area contributed by atoms with Crippen LogP contribution in [0, 0.1) is 3.57 Å². The van der Waals surface area contributed by atoms with Crippen LogP contribution in [0.1, 0.15) is 0 Å². The SMILES string of the molecule is O=C(Nc1ccc(I)cc1)C(=O)Nc1c(Cl)cccc1Cl. The van der Waals surface area contributed by atoms with Crippen molar-refractivity contribution >= 4 is 69.0 Å². The topological polar surface area (TPSA) is 58.2 Å². The third kappa shape index (κ3) is 4.33. The number of nitrogens with one attached hydrogen (secondary N) is 2. The van der Waals surface area contributed by atoms with Crippen LogP contribution in [0.3, 0.4) is 0 Å². The van der Waals surface area contributed by atoms with Gasteiger partial charge in [-0.05, 0) is 59.0 Å². The zero-order valence-corrected chi connectivity index (χ0v) is 14.2. The normalized spacial score (nSPS) is 10.0. The van der Waals surface area contributed by atoms with Crippen molar-refractivity contribution in [3.05, 3.63) is 56.1 Å². The highest BCUT2D eigenvalue weighted by atomic mass is 127. The minimum atomic E-state index is -0.844. The average molecular weight is 435 g/mol. The van der Waals surface area contributed by atoms with Crippen molar-refractivity contribution in [2.24, 2.45) is 0 Å². The van der Waals surface area contributed by atoms with Gasteiger partial charge in [0.1, 0.15) is 0 Å². The van der Waals surface area contributed by atoms with E-state index in [9.17, 15) is 9.59 Å². The van der Waals surface area contributed by atoms with Gasteiger partial charge in [-0.15, -0.1) is 0 Å². The van der Waals surface area contributed by atoms with E-state index in [2.05, 4.69) is 33.2 Å². The molecule has 0 spiro atoms. The molecule has 0 saturated carbocycles. The maximum absolute atomic E-state index is 11.8. The lowest BCUT2D eigenvalue weighted by Crippen LogP contribution is -2.29. The Labute approximate surface area is 145 Å². The van der Waals surface area contributed by atoms with Gasteiger partial charge in [-0.1, -0.05) is 29.3 Å². The van der Waals surface area contributed by atoms with Crippen LogP contribution in [-0.2, 0) is 9.59 Å². The molecule has 0 saturated heterocycles. The molecule has 21 heavy (non-hydrogen) atoms. The summed E-state index contributed by atoms with van der Waals surface area (Å²) in [6.45, 7) is 0. The zero-order chi connectivity index (χ0) is 15.4. The van der Waals surface area contributed by atoms with Crippen LogP contribution in [0.2, 0.25) is 10.0 Å². The van der Waals surface area contributed by atoms with Crippen molar-refractivity contribution in [1.82, 2.24) is 0 Å². The molecule has 2 aromatic carbocycles. The zero-order valence-electron chi connectivity index (χ0n) is 10.5. The Morgan fingerprint density at radius 2 is 1.38 bits per heavy atom. The molecule has 7 heteroatoms. The molecule has 108 valence electrons. The van der Waals surface area contributed by atoms with Gasteiger partial charge in [0, 0.05) is 9.26 Å². The standard InChI is InChI=1S/C14H9Cl2IN2O2/c15-10-2-1-3-11(16)12(10)19-14(21)13(20)18-9-6-4-8(17)5-7-9/h1-7H,(H,18,20)(H,19,21). The number of carbonyl (C=O) groups excluding carboxylic acids is 2. The summed E-state index contributed by atoms with van der Waals surface area (Å²) in [6, 6.07) is 11.8. The Bertz CT molecular complexity index is 670. The molecule has 2 rings (SSSR count). The molecule has 0 fully saturated rings. The highest BCUT2D eigenvalue weighted by molar-refractivity contribution is 14.1. The number of halogens is 3. The molecule has 0 unspecified atom stereocenters. The highest BCUT2D eigenvalue weighted by Gasteiger charge is 2.17. The summed E-state index contributed by atoms with van der Waals surface area (Å²) >= 11 is 14.0. The van der Waals surface area contributed by atoms with E-state index in [-0.39, 0.29) is 15.7 Å². The number of para-hydroxylation sites is 1. The van der Waals surface area contributed by atoms with E-state index in [1.165, 1.54) is 0 Å². The van der Waals surface area contributed by atoms with E-state index in [1.54, 1.807) is 30.3 Å². The number of hydrogen-bond donors (Lipinski definition) is 2. The number of carbonyl (C=O) groups is 2. The largest absolute Gasteiger partial charge is 0.318 e. The summed E-state index contributed by atoms with van der Waals surface area (Å²) in [6.07, 6.45) is 0. The van der Waals surface area contributed by atoms with Gasteiger partial charge in [0.2, 0.25) is 0 Å². The van der Waals surface area contributed by atoms with Crippen LogP contribution in [0.15, 0.2) is 42.5 Å². The van der Waals surface area contributed by atoms with Crippen molar-refractivity contribution in [3.8, 4) is 0 Å². The molecule has 0 aromatic heterocycles. The van der Waals surface area contributed by atoms with Crippen LogP contribution < -0.4 is 10.6 Å². The van der Waals surface area contributed by atoms with E-state index in [0.717, 1.165) is 3.57 Å². The van der Waals surface area contributed by atoms with Crippen LogP contribution in [0.4, 0.5) is 11.4 Å². The molecule has 2 N–H and O–H groups in total. The Balaban J connectivity index is 2.06. The fourth-order valence-electron chi connectivity index (χ4n) is 1.51. The molecule has 0 bridgehead atoms. The summed E-state index contributed by atoms with van der Waals surface area (Å²) in [5.41, 5.74) is 0.740.